The Kier molecular flexibility index (Phi) is 3.34. The van der Waals surface area contributed by atoms with Crippen molar-refractivity contribution in [2.45, 2.75) is 18.9 Å². The number of ether oxygens (including phenoxy) is 1. The first-order valence-electron chi connectivity index (χ1n) is 6.68. The highest BCUT2D eigenvalue weighted by molar-refractivity contribution is 6.00. The topological polar surface area (TPSA) is 101 Å². The van der Waals surface area contributed by atoms with Gasteiger partial charge in [0.05, 0.1) is 16.6 Å². The monoisotopic (exact) mass is 290 g/mol. The molecule has 0 amide bonds. The lowest BCUT2D eigenvalue weighted by atomic mass is 10.1. The molecule has 0 unspecified atom stereocenters. The van der Waals surface area contributed by atoms with E-state index < -0.39 is 17.1 Å². The van der Waals surface area contributed by atoms with Crippen molar-refractivity contribution in [1.29, 1.82) is 0 Å². The first-order chi connectivity index (χ1) is 10.1. The van der Waals surface area contributed by atoms with E-state index in [0.29, 0.717) is 31.6 Å². The van der Waals surface area contributed by atoms with E-state index in [1.807, 2.05) is 0 Å². The summed E-state index contributed by atoms with van der Waals surface area (Å²) in [5.41, 5.74) is -0.834. The Morgan fingerprint density at radius 3 is 2.67 bits per heavy atom. The third-order valence-corrected chi connectivity index (χ3v) is 3.72. The van der Waals surface area contributed by atoms with Crippen LogP contribution in [0.4, 0.5) is 0 Å². The van der Waals surface area contributed by atoms with Crippen LogP contribution in [0.5, 0.6) is 0 Å². The van der Waals surface area contributed by atoms with Gasteiger partial charge in [0.1, 0.15) is 0 Å². The van der Waals surface area contributed by atoms with Gasteiger partial charge >= 0.3 is 17.1 Å². The minimum atomic E-state index is -1.13. The molecule has 1 aromatic carbocycles. The van der Waals surface area contributed by atoms with Gasteiger partial charge in [0.15, 0.2) is 0 Å². The predicted octanol–water partition coefficient (Wildman–Crippen LogP) is 0.740. The van der Waals surface area contributed by atoms with E-state index in [4.69, 9.17) is 4.74 Å². The number of para-hydroxylation sites is 1. The Bertz CT molecular complexity index is 814. The van der Waals surface area contributed by atoms with E-state index in [1.165, 1.54) is 10.6 Å². The third kappa shape index (κ3) is 2.25. The number of fused-ring (bicyclic) bond motifs is 1. The number of nitrogens with one attached hydrogen (secondary N) is 1. The van der Waals surface area contributed by atoms with Crippen molar-refractivity contribution in [2.24, 2.45) is 0 Å². The van der Waals surface area contributed by atoms with E-state index in [2.05, 4.69) is 4.98 Å². The van der Waals surface area contributed by atoms with E-state index in [-0.39, 0.29) is 17.1 Å². The van der Waals surface area contributed by atoms with Crippen LogP contribution in [0.3, 0.4) is 0 Å². The molecule has 1 aliphatic rings. The highest BCUT2D eigenvalue weighted by Crippen LogP contribution is 2.24. The summed E-state index contributed by atoms with van der Waals surface area (Å²) >= 11 is 0. The van der Waals surface area contributed by atoms with Crippen LogP contribution < -0.4 is 11.1 Å². The molecule has 1 fully saturated rings. The fourth-order valence-electron chi connectivity index (χ4n) is 2.75. The molecule has 1 aliphatic heterocycles. The first-order valence-corrected chi connectivity index (χ1v) is 6.68. The summed E-state index contributed by atoms with van der Waals surface area (Å²) in [4.78, 5) is 37.9. The van der Waals surface area contributed by atoms with Crippen molar-refractivity contribution >= 4 is 17.0 Å². The summed E-state index contributed by atoms with van der Waals surface area (Å²) in [6.07, 6.45) is 1.15. The summed E-state index contributed by atoms with van der Waals surface area (Å²) in [5, 5.41) is 9.33. The van der Waals surface area contributed by atoms with Gasteiger partial charge in [-0.2, -0.15) is 0 Å². The lowest BCUT2D eigenvalue weighted by Crippen LogP contribution is -2.40. The molecule has 1 saturated heterocycles. The molecule has 0 radical (unpaired) electrons. The number of carboxylic acids is 1. The van der Waals surface area contributed by atoms with Gasteiger partial charge in [-0.1, -0.05) is 6.07 Å². The van der Waals surface area contributed by atoms with Crippen molar-refractivity contribution in [2.75, 3.05) is 13.2 Å². The molecule has 0 bridgehead atoms. The van der Waals surface area contributed by atoms with Crippen LogP contribution in [0.15, 0.2) is 27.8 Å². The van der Waals surface area contributed by atoms with Crippen LogP contribution in [-0.2, 0) is 4.74 Å². The fraction of sp³-hybridized carbons (Fsp3) is 0.357. The van der Waals surface area contributed by atoms with Crippen LogP contribution >= 0.6 is 0 Å². The van der Waals surface area contributed by atoms with Gasteiger partial charge < -0.3 is 14.8 Å². The van der Waals surface area contributed by atoms with Crippen LogP contribution in [0, 0.1) is 0 Å². The van der Waals surface area contributed by atoms with E-state index in [9.17, 15) is 19.5 Å². The lowest BCUT2D eigenvalue weighted by molar-refractivity contribution is 0.0684. The number of rotatable bonds is 2. The molecule has 21 heavy (non-hydrogen) atoms. The molecule has 2 aromatic rings. The van der Waals surface area contributed by atoms with Gasteiger partial charge in [-0.15, -0.1) is 0 Å². The number of benzene rings is 1. The molecular formula is C14H14N2O5. The van der Waals surface area contributed by atoms with Crippen LogP contribution in [0.1, 0.15) is 29.2 Å². The highest BCUT2D eigenvalue weighted by atomic mass is 16.5. The Labute approximate surface area is 118 Å². The third-order valence-electron chi connectivity index (χ3n) is 3.72. The number of aromatic amines is 1. The van der Waals surface area contributed by atoms with E-state index in [0.717, 1.165) is 0 Å². The second kappa shape index (κ2) is 5.17. The second-order valence-electron chi connectivity index (χ2n) is 4.98. The van der Waals surface area contributed by atoms with Crippen LogP contribution in [0.25, 0.3) is 11.0 Å². The molecule has 0 aliphatic carbocycles. The van der Waals surface area contributed by atoms with E-state index >= 15 is 0 Å². The van der Waals surface area contributed by atoms with Crippen molar-refractivity contribution in [3.05, 3.63) is 44.5 Å². The van der Waals surface area contributed by atoms with Crippen LogP contribution in [-0.4, -0.2) is 33.8 Å². The molecule has 7 heteroatoms. The molecule has 110 valence electrons. The molecule has 2 heterocycles. The van der Waals surface area contributed by atoms with E-state index in [1.54, 1.807) is 12.1 Å². The van der Waals surface area contributed by atoms with Crippen molar-refractivity contribution < 1.29 is 14.6 Å². The number of aromatic nitrogens is 2. The number of carbonyl (C=O) groups is 1. The number of hydrogen-bond donors (Lipinski definition) is 2. The summed E-state index contributed by atoms with van der Waals surface area (Å²) < 4.78 is 6.58. The van der Waals surface area contributed by atoms with Crippen molar-refractivity contribution in [1.82, 2.24) is 9.55 Å². The Hall–Kier alpha value is -2.41. The highest BCUT2D eigenvalue weighted by Gasteiger charge is 2.23. The summed E-state index contributed by atoms with van der Waals surface area (Å²) in [7, 11) is 0. The normalized spacial score (nSPS) is 16.2. The minimum absolute atomic E-state index is 0.00680. The quantitative estimate of drug-likeness (QED) is 0.794. The van der Waals surface area contributed by atoms with Gasteiger partial charge in [0, 0.05) is 19.3 Å². The number of nitrogens with zero attached hydrogens (tertiary/aromatic N) is 1. The number of carboxylic acid groups (broad SMARTS) is 1. The largest absolute Gasteiger partial charge is 0.478 e. The SMILES string of the molecule is O=C(O)c1cccc2[nH]c(=O)c(=O)n(C3CCOCC3)c12. The maximum atomic E-state index is 12.2. The second-order valence-corrected chi connectivity index (χ2v) is 4.98. The number of H-pyrrole nitrogens is 1. The maximum Gasteiger partial charge on any atom is 0.337 e. The molecule has 0 spiro atoms. The van der Waals surface area contributed by atoms with Gasteiger partial charge in [-0.05, 0) is 25.0 Å². The molecule has 7 nitrogen and oxygen atoms in total. The number of hydrogen-bond acceptors (Lipinski definition) is 4. The summed E-state index contributed by atoms with van der Waals surface area (Å²) in [6, 6.07) is 4.34. The molecule has 1 aromatic heterocycles. The Morgan fingerprint density at radius 1 is 1.29 bits per heavy atom. The number of aromatic carboxylic acids is 1. The Balaban J connectivity index is 2.38. The molecule has 0 atom stereocenters. The fourth-order valence-corrected chi connectivity index (χ4v) is 2.75. The summed E-state index contributed by atoms with van der Waals surface area (Å²) in [6.45, 7) is 0.973. The lowest BCUT2D eigenvalue weighted by Gasteiger charge is -2.25. The average Bonchev–Trinajstić information content (AvgIpc) is 2.48. The Morgan fingerprint density at radius 2 is 2.00 bits per heavy atom. The smallest absolute Gasteiger partial charge is 0.337 e. The van der Waals surface area contributed by atoms with Crippen molar-refractivity contribution in [3.63, 3.8) is 0 Å². The molecule has 3 rings (SSSR count). The molecule has 0 saturated carbocycles. The van der Waals surface area contributed by atoms with Gasteiger partial charge in [-0.25, -0.2) is 4.79 Å². The van der Waals surface area contributed by atoms with Gasteiger partial charge in [0.2, 0.25) is 0 Å². The zero-order valence-corrected chi connectivity index (χ0v) is 11.2. The zero-order valence-electron chi connectivity index (χ0n) is 11.2. The molecular weight excluding hydrogens is 276 g/mol. The standard InChI is InChI=1S/C14H14N2O5/c17-12-13(18)16(8-4-6-21-7-5-8)11-9(14(19)20)2-1-3-10(11)15-12/h1-3,8H,4-7H2,(H,15,17)(H,19,20). The van der Waals surface area contributed by atoms with Crippen molar-refractivity contribution in [3.8, 4) is 0 Å². The van der Waals surface area contributed by atoms with Gasteiger partial charge in [-0.3, -0.25) is 14.2 Å². The molecule has 2 N–H and O–H groups in total. The predicted molar refractivity (Wildman–Crippen MR) is 74.9 cm³/mol. The minimum Gasteiger partial charge on any atom is -0.478 e. The average molecular weight is 290 g/mol. The first kappa shape index (κ1) is 13.6. The summed E-state index contributed by atoms with van der Waals surface area (Å²) in [5.74, 6) is -1.13. The maximum absolute atomic E-state index is 12.2. The van der Waals surface area contributed by atoms with Gasteiger partial charge in [0.25, 0.3) is 0 Å². The zero-order chi connectivity index (χ0) is 15.0. The van der Waals surface area contributed by atoms with Crippen LogP contribution in [0.2, 0.25) is 0 Å².